The second-order valence-corrected chi connectivity index (χ2v) is 8.12. The van der Waals surface area contributed by atoms with E-state index in [0.717, 1.165) is 19.3 Å². The number of para-hydroxylation sites is 1. The van der Waals surface area contributed by atoms with Crippen molar-refractivity contribution in [3.05, 3.63) is 35.1 Å². The first kappa shape index (κ1) is 20.5. The van der Waals surface area contributed by atoms with Crippen molar-refractivity contribution in [2.75, 3.05) is 5.75 Å². The minimum absolute atomic E-state index is 0.162. The maximum absolute atomic E-state index is 12.3. The van der Waals surface area contributed by atoms with Gasteiger partial charge in [0.15, 0.2) is 11.0 Å². The zero-order valence-corrected chi connectivity index (χ0v) is 17.2. The molecule has 1 aliphatic carbocycles. The number of aromatic nitrogens is 3. The Morgan fingerprint density at radius 2 is 2.11 bits per heavy atom. The van der Waals surface area contributed by atoms with Gasteiger partial charge in [0, 0.05) is 7.05 Å². The van der Waals surface area contributed by atoms with E-state index in [0.29, 0.717) is 34.6 Å². The maximum atomic E-state index is 12.3. The Kier molecular flexibility index (Phi) is 6.81. The number of hydrogen-bond donors (Lipinski definition) is 1. The molecule has 0 bridgehead atoms. The van der Waals surface area contributed by atoms with Crippen LogP contribution in [0.3, 0.4) is 0 Å². The number of hydrogen-bond acceptors (Lipinski definition) is 6. The van der Waals surface area contributed by atoms with Crippen LogP contribution in [0.25, 0.3) is 0 Å². The highest BCUT2D eigenvalue weighted by molar-refractivity contribution is 7.99. The third-order valence-electron chi connectivity index (χ3n) is 4.75. The third-order valence-corrected chi connectivity index (χ3v) is 6.08. The van der Waals surface area contributed by atoms with Crippen LogP contribution in [0.15, 0.2) is 29.4 Å². The van der Waals surface area contributed by atoms with Crippen molar-refractivity contribution in [3.8, 4) is 11.8 Å². The largest absolute Gasteiger partial charge is 0.484 e. The van der Waals surface area contributed by atoms with Gasteiger partial charge < -0.3 is 14.6 Å². The van der Waals surface area contributed by atoms with Crippen LogP contribution in [-0.2, 0) is 18.4 Å². The topological polar surface area (TPSA) is 92.8 Å². The number of ether oxygens (including phenoxy) is 1. The Balaban J connectivity index is 1.53. The van der Waals surface area contributed by atoms with Gasteiger partial charge in [0.1, 0.15) is 17.9 Å². The average Bonchev–Trinajstić information content (AvgIpc) is 3.06. The summed E-state index contributed by atoms with van der Waals surface area (Å²) in [7, 11) is 1.82. The van der Waals surface area contributed by atoms with Crippen LogP contribution >= 0.6 is 23.4 Å². The van der Waals surface area contributed by atoms with E-state index in [9.17, 15) is 10.1 Å². The van der Waals surface area contributed by atoms with Gasteiger partial charge in [-0.25, -0.2) is 0 Å². The van der Waals surface area contributed by atoms with Crippen molar-refractivity contribution in [1.82, 2.24) is 20.1 Å². The first-order chi connectivity index (χ1) is 13.5. The SMILES string of the molecule is Cn1c(COc2ccccc2Cl)nnc1SCC(=O)NC1(C#N)CCCCC1. The summed E-state index contributed by atoms with van der Waals surface area (Å²) >= 11 is 7.37. The normalized spacial score (nSPS) is 15.6. The molecule has 1 aromatic heterocycles. The maximum Gasteiger partial charge on any atom is 0.231 e. The molecule has 1 fully saturated rings. The van der Waals surface area contributed by atoms with E-state index >= 15 is 0 Å². The second-order valence-electron chi connectivity index (χ2n) is 6.77. The van der Waals surface area contributed by atoms with Crippen LogP contribution in [0.1, 0.15) is 37.9 Å². The molecule has 28 heavy (non-hydrogen) atoms. The monoisotopic (exact) mass is 419 g/mol. The molecule has 1 aromatic carbocycles. The van der Waals surface area contributed by atoms with E-state index in [1.165, 1.54) is 11.8 Å². The van der Waals surface area contributed by atoms with Crippen molar-refractivity contribution in [2.24, 2.45) is 7.05 Å². The molecule has 0 saturated heterocycles. The number of benzene rings is 1. The van der Waals surface area contributed by atoms with Crippen LogP contribution in [0.2, 0.25) is 5.02 Å². The van der Waals surface area contributed by atoms with Crippen molar-refractivity contribution in [1.29, 1.82) is 5.26 Å². The molecule has 148 valence electrons. The van der Waals surface area contributed by atoms with Crippen molar-refractivity contribution in [3.63, 3.8) is 0 Å². The standard InChI is InChI=1S/C19H22ClN5O2S/c1-25-16(11-27-15-8-4-3-7-14(15)20)23-24-18(25)28-12-17(26)22-19(13-21)9-5-2-6-10-19/h3-4,7-8H,2,5-6,9-12H2,1H3,(H,22,26). The Labute approximate surface area is 173 Å². The van der Waals surface area contributed by atoms with Gasteiger partial charge in [-0.3, -0.25) is 4.79 Å². The number of amides is 1. The molecule has 1 saturated carbocycles. The Bertz CT molecular complexity index is 873. The van der Waals surface area contributed by atoms with Gasteiger partial charge in [-0.05, 0) is 25.0 Å². The van der Waals surface area contributed by atoms with Crippen molar-refractivity contribution in [2.45, 2.75) is 49.4 Å². The van der Waals surface area contributed by atoms with Crippen molar-refractivity contribution < 1.29 is 9.53 Å². The fourth-order valence-electron chi connectivity index (χ4n) is 3.15. The molecule has 0 atom stereocenters. The van der Waals surface area contributed by atoms with Gasteiger partial charge in [0.2, 0.25) is 5.91 Å². The predicted molar refractivity (Wildman–Crippen MR) is 107 cm³/mol. The number of nitrogens with zero attached hydrogens (tertiary/aromatic N) is 4. The molecule has 0 unspecified atom stereocenters. The zero-order valence-electron chi connectivity index (χ0n) is 15.7. The van der Waals surface area contributed by atoms with E-state index in [-0.39, 0.29) is 18.3 Å². The molecule has 9 heteroatoms. The molecule has 0 radical (unpaired) electrons. The summed E-state index contributed by atoms with van der Waals surface area (Å²) < 4.78 is 7.48. The number of nitriles is 1. The van der Waals surface area contributed by atoms with E-state index in [1.54, 1.807) is 16.7 Å². The van der Waals surface area contributed by atoms with E-state index in [4.69, 9.17) is 16.3 Å². The predicted octanol–water partition coefficient (Wildman–Crippen LogP) is 3.48. The minimum Gasteiger partial charge on any atom is -0.484 e. The molecular weight excluding hydrogens is 398 g/mol. The van der Waals surface area contributed by atoms with Crippen molar-refractivity contribution >= 4 is 29.3 Å². The highest BCUT2D eigenvalue weighted by Crippen LogP contribution is 2.28. The number of nitrogens with one attached hydrogen (secondary N) is 1. The lowest BCUT2D eigenvalue weighted by Crippen LogP contribution is -2.49. The summed E-state index contributed by atoms with van der Waals surface area (Å²) in [5.41, 5.74) is -0.719. The summed E-state index contributed by atoms with van der Waals surface area (Å²) in [5, 5.41) is 21.8. The molecule has 3 rings (SSSR count). The lowest BCUT2D eigenvalue weighted by Gasteiger charge is -2.31. The average molecular weight is 420 g/mol. The summed E-state index contributed by atoms with van der Waals surface area (Å²) in [6.07, 6.45) is 4.49. The van der Waals surface area contributed by atoms with E-state index in [2.05, 4.69) is 21.6 Å². The van der Waals surface area contributed by atoms with Crippen LogP contribution < -0.4 is 10.1 Å². The van der Waals surface area contributed by atoms with Crippen LogP contribution in [0.4, 0.5) is 0 Å². The van der Waals surface area contributed by atoms with Gasteiger partial charge in [-0.1, -0.05) is 54.8 Å². The van der Waals surface area contributed by atoms with Crippen LogP contribution in [-0.4, -0.2) is 32.0 Å². The summed E-state index contributed by atoms with van der Waals surface area (Å²) in [6.45, 7) is 0.220. The number of thioether (sulfide) groups is 1. The van der Waals surface area contributed by atoms with E-state index in [1.807, 2.05) is 19.2 Å². The Morgan fingerprint density at radius 1 is 1.36 bits per heavy atom. The van der Waals surface area contributed by atoms with Crippen LogP contribution in [0, 0.1) is 11.3 Å². The molecule has 2 aromatic rings. The van der Waals surface area contributed by atoms with Gasteiger partial charge in [0.05, 0.1) is 16.8 Å². The quantitative estimate of drug-likeness (QED) is 0.690. The Morgan fingerprint density at radius 3 is 2.82 bits per heavy atom. The second kappa shape index (κ2) is 9.30. The molecule has 1 aliphatic rings. The fraction of sp³-hybridized carbons (Fsp3) is 0.474. The zero-order chi connectivity index (χ0) is 20.0. The summed E-state index contributed by atoms with van der Waals surface area (Å²) in [4.78, 5) is 12.3. The number of carbonyl (C=O) groups excluding carboxylic acids is 1. The van der Waals surface area contributed by atoms with Crippen LogP contribution in [0.5, 0.6) is 5.75 Å². The lowest BCUT2D eigenvalue weighted by molar-refractivity contribution is -0.120. The first-order valence-electron chi connectivity index (χ1n) is 9.14. The molecule has 0 spiro atoms. The smallest absolute Gasteiger partial charge is 0.231 e. The third kappa shape index (κ3) is 4.97. The molecule has 0 aliphatic heterocycles. The highest BCUT2D eigenvalue weighted by atomic mass is 35.5. The number of rotatable bonds is 7. The van der Waals surface area contributed by atoms with Gasteiger partial charge >= 0.3 is 0 Å². The summed E-state index contributed by atoms with van der Waals surface area (Å²) in [5.74, 6) is 1.23. The highest BCUT2D eigenvalue weighted by Gasteiger charge is 2.33. The van der Waals surface area contributed by atoms with Gasteiger partial charge in [0.25, 0.3) is 0 Å². The summed E-state index contributed by atoms with van der Waals surface area (Å²) in [6, 6.07) is 9.52. The fourth-order valence-corrected chi connectivity index (χ4v) is 4.07. The molecule has 1 heterocycles. The first-order valence-corrected chi connectivity index (χ1v) is 10.5. The Hall–Kier alpha value is -2.24. The molecule has 1 N–H and O–H groups in total. The molecule has 7 nitrogen and oxygen atoms in total. The minimum atomic E-state index is -0.719. The number of halogens is 1. The van der Waals surface area contributed by atoms with Gasteiger partial charge in [-0.15, -0.1) is 10.2 Å². The van der Waals surface area contributed by atoms with E-state index < -0.39 is 5.54 Å². The number of carbonyl (C=O) groups is 1. The molecule has 1 amide bonds. The lowest BCUT2D eigenvalue weighted by atomic mass is 9.83. The molecular formula is C19H22ClN5O2S. The van der Waals surface area contributed by atoms with Gasteiger partial charge in [-0.2, -0.15) is 5.26 Å².